The van der Waals surface area contributed by atoms with Gasteiger partial charge in [-0.1, -0.05) is 69.3 Å². The Labute approximate surface area is 151 Å². The van der Waals surface area contributed by atoms with Crippen LogP contribution in [-0.4, -0.2) is 16.7 Å². The average molecular weight is 379 g/mol. The van der Waals surface area contributed by atoms with Gasteiger partial charge in [0.2, 0.25) is 0 Å². The monoisotopic (exact) mass is 378 g/mol. The molecule has 7 heteroatoms. The summed E-state index contributed by atoms with van der Waals surface area (Å²) in [5.74, 6) is 0.561. The Bertz CT molecular complexity index is 791. The summed E-state index contributed by atoms with van der Waals surface area (Å²) in [6.45, 7) is 8.01. The van der Waals surface area contributed by atoms with Gasteiger partial charge >= 0.3 is 10.3 Å². The number of rotatable bonds is 6. The van der Waals surface area contributed by atoms with Crippen LogP contribution >= 0.6 is 0 Å². The first-order valence-corrected chi connectivity index (χ1v) is 11.9. The van der Waals surface area contributed by atoms with Crippen LogP contribution in [0.5, 0.6) is 5.75 Å². The van der Waals surface area contributed by atoms with Gasteiger partial charge in [0, 0.05) is 6.07 Å². The maximum absolute atomic E-state index is 11.8. The summed E-state index contributed by atoms with van der Waals surface area (Å²) in [4.78, 5) is 0. The highest BCUT2D eigenvalue weighted by atomic mass is 32.2. The van der Waals surface area contributed by atoms with Crippen molar-refractivity contribution in [1.29, 1.82) is 0 Å². The fourth-order valence-corrected chi connectivity index (χ4v) is 6.62. The van der Waals surface area contributed by atoms with Crippen molar-refractivity contribution in [2.45, 2.75) is 38.1 Å². The van der Waals surface area contributed by atoms with E-state index in [4.69, 9.17) is 13.7 Å². The number of hydrogen-bond acceptors (Lipinski definition) is 4. The normalized spacial score (nSPS) is 16.0. The van der Waals surface area contributed by atoms with Crippen LogP contribution in [0.1, 0.15) is 32.1 Å². The molecule has 2 N–H and O–H groups in total. The highest BCUT2D eigenvalue weighted by Gasteiger charge is 2.53. The summed E-state index contributed by atoms with van der Waals surface area (Å²) in [5, 5.41) is 4.87. The molecule has 0 bridgehead atoms. The standard InChI is InChI=1S/C18H24NO4SSi/c1-18(2,3)25(4,23-16-13-9-6-10-14-16)17(22-24(19,20)21)15-11-7-5-8-12-15/h5-13,17H,1-4H3,(H2,19,20,21). The zero-order chi connectivity index (χ0) is 18.7. The van der Waals surface area contributed by atoms with E-state index >= 15 is 0 Å². The van der Waals surface area contributed by atoms with Crippen LogP contribution in [-0.2, 0) is 14.5 Å². The minimum Gasteiger partial charge on any atom is -0.540 e. The van der Waals surface area contributed by atoms with Gasteiger partial charge in [-0.2, -0.15) is 8.42 Å². The summed E-state index contributed by atoms with van der Waals surface area (Å²) >= 11 is 0. The molecule has 0 amide bonds. The van der Waals surface area contributed by atoms with Gasteiger partial charge in [0.05, 0.1) is 0 Å². The Morgan fingerprint density at radius 3 is 2.16 bits per heavy atom. The Hall–Kier alpha value is -1.67. The van der Waals surface area contributed by atoms with Gasteiger partial charge in [0.15, 0.2) is 0 Å². The number of para-hydroxylation sites is 1. The van der Waals surface area contributed by atoms with Crippen molar-refractivity contribution < 1.29 is 17.0 Å². The van der Waals surface area contributed by atoms with E-state index in [1.54, 1.807) is 12.1 Å². The molecule has 2 rings (SSSR count). The molecular formula is C18H24NO4SSi. The second-order valence-electron chi connectivity index (χ2n) is 7.07. The second-order valence-corrected chi connectivity index (χ2v) is 12.7. The SMILES string of the molecule is CC(C)(C)[Si](C)(Oc1[c]cccc1)C(OS(N)(=O)=O)c1ccccc1. The predicted octanol–water partition coefficient (Wildman–Crippen LogP) is 3.74. The highest BCUT2D eigenvalue weighted by molar-refractivity contribution is 7.84. The van der Waals surface area contributed by atoms with Gasteiger partial charge in [-0.25, -0.2) is 9.32 Å². The lowest BCUT2D eigenvalue weighted by Crippen LogP contribution is -2.54. The third kappa shape index (κ3) is 4.91. The van der Waals surface area contributed by atoms with Crippen LogP contribution in [0.25, 0.3) is 0 Å². The Kier molecular flexibility index (Phi) is 5.73. The third-order valence-corrected chi connectivity index (χ3v) is 10.0. The van der Waals surface area contributed by atoms with E-state index in [-0.39, 0.29) is 5.04 Å². The Balaban J connectivity index is 2.57. The van der Waals surface area contributed by atoms with Crippen molar-refractivity contribution in [3.05, 3.63) is 66.2 Å². The molecular weight excluding hydrogens is 354 g/mol. The molecule has 2 atom stereocenters. The molecule has 0 aliphatic rings. The average Bonchev–Trinajstić information content (AvgIpc) is 2.52. The molecule has 2 aromatic carbocycles. The van der Waals surface area contributed by atoms with E-state index in [1.807, 2.05) is 69.8 Å². The summed E-state index contributed by atoms with van der Waals surface area (Å²) in [6, 6.07) is 19.5. The topological polar surface area (TPSA) is 78.6 Å². The van der Waals surface area contributed by atoms with E-state index in [9.17, 15) is 8.42 Å². The molecule has 0 aromatic heterocycles. The minimum atomic E-state index is -4.16. The van der Waals surface area contributed by atoms with Gasteiger partial charge in [0.1, 0.15) is 11.5 Å². The van der Waals surface area contributed by atoms with Crippen LogP contribution in [0.2, 0.25) is 11.6 Å². The molecule has 0 heterocycles. The van der Waals surface area contributed by atoms with Crippen molar-refractivity contribution in [1.82, 2.24) is 0 Å². The van der Waals surface area contributed by atoms with Gasteiger partial charge in [-0.3, -0.25) is 0 Å². The molecule has 2 aromatic rings. The van der Waals surface area contributed by atoms with Crippen LogP contribution in [0.4, 0.5) is 0 Å². The Morgan fingerprint density at radius 1 is 1.08 bits per heavy atom. The maximum Gasteiger partial charge on any atom is 0.333 e. The maximum atomic E-state index is 11.8. The van der Waals surface area contributed by atoms with Crippen LogP contribution in [0.3, 0.4) is 0 Å². The predicted molar refractivity (Wildman–Crippen MR) is 101 cm³/mol. The first-order valence-electron chi connectivity index (χ1n) is 7.95. The summed E-state index contributed by atoms with van der Waals surface area (Å²) < 4.78 is 35.2. The molecule has 0 fully saturated rings. The molecule has 5 nitrogen and oxygen atoms in total. The number of nitrogens with two attached hydrogens (primary N) is 1. The lowest BCUT2D eigenvalue weighted by atomic mass is 10.2. The molecule has 2 unspecified atom stereocenters. The van der Waals surface area contributed by atoms with Gasteiger partial charge in [-0.15, -0.1) is 0 Å². The first kappa shape index (κ1) is 19.6. The number of hydrogen-bond donors (Lipinski definition) is 1. The van der Waals surface area contributed by atoms with Crippen LogP contribution in [0.15, 0.2) is 54.6 Å². The summed E-state index contributed by atoms with van der Waals surface area (Å²) in [7, 11) is -7.05. The molecule has 25 heavy (non-hydrogen) atoms. The largest absolute Gasteiger partial charge is 0.540 e. The molecule has 0 aliphatic heterocycles. The fraction of sp³-hybridized carbons (Fsp3) is 0.333. The quantitative estimate of drug-likeness (QED) is 0.777. The molecule has 0 spiro atoms. The van der Waals surface area contributed by atoms with Gasteiger partial charge < -0.3 is 4.43 Å². The number of benzene rings is 2. The first-order chi connectivity index (χ1) is 11.5. The van der Waals surface area contributed by atoms with Crippen molar-refractivity contribution in [2.24, 2.45) is 5.14 Å². The molecule has 0 aliphatic carbocycles. The molecule has 0 saturated heterocycles. The van der Waals surface area contributed by atoms with Crippen molar-refractivity contribution in [3.63, 3.8) is 0 Å². The zero-order valence-corrected chi connectivity index (χ0v) is 16.7. The van der Waals surface area contributed by atoms with Gasteiger partial charge in [0.25, 0.3) is 8.32 Å². The summed E-state index contributed by atoms with van der Waals surface area (Å²) in [5.41, 5.74) is -0.0751. The van der Waals surface area contributed by atoms with E-state index in [1.165, 1.54) is 0 Å². The van der Waals surface area contributed by atoms with E-state index in [0.717, 1.165) is 5.56 Å². The smallest absolute Gasteiger partial charge is 0.333 e. The van der Waals surface area contributed by atoms with Crippen LogP contribution in [0, 0.1) is 6.07 Å². The van der Waals surface area contributed by atoms with E-state index in [0.29, 0.717) is 5.75 Å². The fourth-order valence-electron chi connectivity index (χ4n) is 2.50. The van der Waals surface area contributed by atoms with E-state index < -0.39 is 24.3 Å². The lowest BCUT2D eigenvalue weighted by molar-refractivity contribution is 0.247. The minimum absolute atomic E-state index is 0.345. The van der Waals surface area contributed by atoms with Crippen LogP contribution < -0.4 is 9.56 Å². The van der Waals surface area contributed by atoms with Crippen molar-refractivity contribution in [3.8, 4) is 5.75 Å². The second kappa shape index (κ2) is 7.29. The Morgan fingerprint density at radius 2 is 1.68 bits per heavy atom. The third-order valence-electron chi connectivity index (χ3n) is 4.32. The lowest BCUT2D eigenvalue weighted by Gasteiger charge is -2.43. The van der Waals surface area contributed by atoms with E-state index in [2.05, 4.69) is 6.07 Å². The summed E-state index contributed by atoms with van der Waals surface area (Å²) in [6.07, 6.45) is 0. The highest BCUT2D eigenvalue weighted by Crippen LogP contribution is 2.46. The molecule has 0 saturated carbocycles. The van der Waals surface area contributed by atoms with Crippen molar-refractivity contribution >= 4 is 18.6 Å². The zero-order valence-electron chi connectivity index (χ0n) is 14.9. The van der Waals surface area contributed by atoms with Gasteiger partial charge in [-0.05, 0) is 23.2 Å². The van der Waals surface area contributed by atoms with Crippen molar-refractivity contribution in [2.75, 3.05) is 0 Å². The molecule has 135 valence electrons. The molecule has 1 radical (unpaired) electrons.